The van der Waals surface area contributed by atoms with Crippen molar-refractivity contribution < 1.29 is 13.9 Å². The quantitative estimate of drug-likeness (QED) is 0.361. The van der Waals surface area contributed by atoms with Crippen molar-refractivity contribution in [2.24, 2.45) is 4.99 Å². The van der Waals surface area contributed by atoms with Gasteiger partial charge in [0.15, 0.2) is 5.96 Å². The number of hydrogen-bond acceptors (Lipinski definition) is 3. The zero-order chi connectivity index (χ0) is 21.3. The van der Waals surface area contributed by atoms with E-state index in [1.165, 1.54) is 13.0 Å². The lowest BCUT2D eigenvalue weighted by atomic mass is 9.84. The summed E-state index contributed by atoms with van der Waals surface area (Å²) in [4.78, 5) is 15.3. The normalized spacial score (nSPS) is 11.7. The second-order valence-electron chi connectivity index (χ2n) is 7.30. The van der Waals surface area contributed by atoms with Gasteiger partial charge in [-0.1, -0.05) is 32.0 Å². The molecule has 3 N–H and O–H groups in total. The number of ether oxygens (including phenoxy) is 1. The highest BCUT2D eigenvalue weighted by atomic mass is 19.1. The molecular weight excluding hydrogens is 371 g/mol. The second-order valence-corrected chi connectivity index (χ2v) is 7.30. The number of carbonyl (C=O) groups is 1. The third-order valence-corrected chi connectivity index (χ3v) is 4.35. The third kappa shape index (κ3) is 7.44. The highest BCUT2D eigenvalue weighted by Gasteiger charge is 2.21. The topological polar surface area (TPSA) is 74.8 Å². The summed E-state index contributed by atoms with van der Waals surface area (Å²) < 4.78 is 19.2. The first kappa shape index (κ1) is 22.2. The van der Waals surface area contributed by atoms with Gasteiger partial charge in [-0.3, -0.25) is 9.79 Å². The summed E-state index contributed by atoms with van der Waals surface area (Å²) in [5.74, 6) is 0.955. The predicted molar refractivity (Wildman–Crippen MR) is 115 cm³/mol. The molecule has 6 nitrogen and oxygen atoms in total. The smallest absolute Gasteiger partial charge is 0.221 e. The number of rotatable bonds is 8. The van der Waals surface area contributed by atoms with Crippen molar-refractivity contribution in [3.8, 4) is 5.75 Å². The Kier molecular flexibility index (Phi) is 8.00. The van der Waals surface area contributed by atoms with Crippen LogP contribution in [0.15, 0.2) is 53.5 Å². The summed E-state index contributed by atoms with van der Waals surface area (Å²) in [6, 6.07) is 13.9. The molecule has 0 aliphatic heterocycles. The van der Waals surface area contributed by atoms with Crippen LogP contribution < -0.4 is 20.7 Å². The maximum atomic E-state index is 13.5. The van der Waals surface area contributed by atoms with Crippen molar-refractivity contribution in [2.75, 3.05) is 32.1 Å². The highest BCUT2D eigenvalue weighted by Crippen LogP contribution is 2.22. The number of halogens is 1. The van der Waals surface area contributed by atoms with E-state index in [0.717, 1.165) is 5.56 Å². The third-order valence-electron chi connectivity index (χ3n) is 4.35. The fraction of sp³-hybridized carbons (Fsp3) is 0.364. The number of nitrogens with zero attached hydrogens (tertiary/aromatic N) is 1. The number of anilines is 1. The SMILES string of the molecule is CN=C(NCCOc1cccc(NC(C)=O)c1)NCC(C)(C)c1cccc(F)c1. The van der Waals surface area contributed by atoms with E-state index in [1.54, 1.807) is 31.3 Å². The molecule has 0 heterocycles. The molecule has 2 aromatic carbocycles. The van der Waals surface area contributed by atoms with E-state index in [1.807, 2.05) is 32.0 Å². The number of benzene rings is 2. The molecule has 7 heteroatoms. The Morgan fingerprint density at radius 1 is 1.14 bits per heavy atom. The Bertz CT molecular complexity index is 852. The van der Waals surface area contributed by atoms with Gasteiger partial charge < -0.3 is 20.7 Å². The van der Waals surface area contributed by atoms with Crippen LogP contribution in [-0.2, 0) is 10.2 Å². The lowest BCUT2D eigenvalue weighted by molar-refractivity contribution is -0.114. The fourth-order valence-corrected chi connectivity index (χ4v) is 2.74. The van der Waals surface area contributed by atoms with E-state index in [0.29, 0.717) is 37.1 Å². The number of carbonyl (C=O) groups excluding carboxylic acids is 1. The average molecular weight is 400 g/mol. The number of guanidine groups is 1. The Hall–Kier alpha value is -3.09. The van der Waals surface area contributed by atoms with Gasteiger partial charge in [0.25, 0.3) is 0 Å². The Labute approximate surface area is 171 Å². The standard InChI is InChI=1S/C22H29FN4O2/c1-16(28)27-19-9-6-10-20(14-19)29-12-11-25-21(24-4)26-15-22(2,3)17-7-5-8-18(23)13-17/h5-10,13-14H,11-12,15H2,1-4H3,(H,27,28)(H2,24,25,26). The molecule has 0 saturated carbocycles. The van der Waals surface area contributed by atoms with Crippen molar-refractivity contribution in [3.05, 3.63) is 59.9 Å². The summed E-state index contributed by atoms with van der Waals surface area (Å²) in [6.45, 7) is 7.13. The van der Waals surface area contributed by atoms with Crippen LogP contribution in [0.2, 0.25) is 0 Å². The first-order valence-corrected chi connectivity index (χ1v) is 9.51. The van der Waals surface area contributed by atoms with Gasteiger partial charge in [0.2, 0.25) is 5.91 Å². The van der Waals surface area contributed by atoms with Gasteiger partial charge in [-0.25, -0.2) is 4.39 Å². The van der Waals surface area contributed by atoms with Gasteiger partial charge in [-0.15, -0.1) is 0 Å². The van der Waals surface area contributed by atoms with Crippen molar-refractivity contribution in [3.63, 3.8) is 0 Å². The molecule has 0 spiro atoms. The molecule has 2 rings (SSSR count). The van der Waals surface area contributed by atoms with Gasteiger partial charge in [0.1, 0.15) is 18.2 Å². The molecule has 0 atom stereocenters. The maximum absolute atomic E-state index is 13.5. The van der Waals surface area contributed by atoms with E-state index in [-0.39, 0.29) is 17.1 Å². The molecule has 156 valence electrons. The van der Waals surface area contributed by atoms with Gasteiger partial charge in [0.05, 0.1) is 6.54 Å². The van der Waals surface area contributed by atoms with Crippen molar-refractivity contribution in [1.82, 2.24) is 10.6 Å². The van der Waals surface area contributed by atoms with Crippen molar-refractivity contribution >= 4 is 17.6 Å². The highest BCUT2D eigenvalue weighted by molar-refractivity contribution is 5.88. The Morgan fingerprint density at radius 2 is 1.90 bits per heavy atom. The molecule has 29 heavy (non-hydrogen) atoms. The molecule has 1 amide bonds. The van der Waals surface area contributed by atoms with Gasteiger partial charge in [0, 0.05) is 37.7 Å². The molecular formula is C22H29FN4O2. The predicted octanol–water partition coefficient (Wildman–Crippen LogP) is 3.31. The first-order chi connectivity index (χ1) is 13.8. The zero-order valence-electron chi connectivity index (χ0n) is 17.4. The molecule has 0 saturated heterocycles. The second kappa shape index (κ2) is 10.5. The number of aliphatic imine (C=N–C) groups is 1. The number of hydrogen-bond donors (Lipinski definition) is 3. The lowest BCUT2D eigenvalue weighted by Crippen LogP contribution is -2.44. The van der Waals surface area contributed by atoms with E-state index in [9.17, 15) is 9.18 Å². The van der Waals surface area contributed by atoms with E-state index in [4.69, 9.17) is 4.74 Å². The summed E-state index contributed by atoms with van der Waals surface area (Å²) in [7, 11) is 1.70. The Morgan fingerprint density at radius 3 is 2.59 bits per heavy atom. The minimum atomic E-state index is -0.264. The minimum Gasteiger partial charge on any atom is -0.492 e. The Balaban J connectivity index is 1.79. The maximum Gasteiger partial charge on any atom is 0.221 e. The fourth-order valence-electron chi connectivity index (χ4n) is 2.74. The molecule has 2 aromatic rings. The number of nitrogens with one attached hydrogen (secondary N) is 3. The van der Waals surface area contributed by atoms with E-state index in [2.05, 4.69) is 20.9 Å². The average Bonchev–Trinajstić information content (AvgIpc) is 2.67. The molecule has 0 fully saturated rings. The monoisotopic (exact) mass is 400 g/mol. The van der Waals surface area contributed by atoms with Gasteiger partial charge >= 0.3 is 0 Å². The number of amides is 1. The van der Waals surface area contributed by atoms with E-state index >= 15 is 0 Å². The summed E-state index contributed by atoms with van der Waals surface area (Å²) in [5, 5.41) is 9.19. The molecule has 0 bridgehead atoms. The molecule has 0 unspecified atom stereocenters. The van der Waals surface area contributed by atoms with Gasteiger partial charge in [-0.05, 0) is 29.8 Å². The molecule has 0 aliphatic carbocycles. The van der Waals surface area contributed by atoms with Crippen LogP contribution in [0.1, 0.15) is 26.3 Å². The van der Waals surface area contributed by atoms with E-state index < -0.39 is 0 Å². The summed E-state index contributed by atoms with van der Waals surface area (Å²) >= 11 is 0. The van der Waals surface area contributed by atoms with Gasteiger partial charge in [-0.2, -0.15) is 0 Å². The van der Waals surface area contributed by atoms with Crippen molar-refractivity contribution in [1.29, 1.82) is 0 Å². The lowest BCUT2D eigenvalue weighted by Gasteiger charge is -2.26. The first-order valence-electron chi connectivity index (χ1n) is 9.51. The van der Waals surface area contributed by atoms with Crippen molar-refractivity contribution in [2.45, 2.75) is 26.2 Å². The van der Waals surface area contributed by atoms with Crippen LogP contribution in [0, 0.1) is 5.82 Å². The van der Waals surface area contributed by atoms with Crippen LogP contribution in [0.3, 0.4) is 0 Å². The van der Waals surface area contributed by atoms with Crippen LogP contribution in [0.25, 0.3) is 0 Å². The molecule has 0 aromatic heterocycles. The summed E-state index contributed by atoms with van der Waals surface area (Å²) in [6.07, 6.45) is 0. The zero-order valence-corrected chi connectivity index (χ0v) is 17.4. The van der Waals surface area contributed by atoms with Crippen LogP contribution >= 0.6 is 0 Å². The molecule has 0 aliphatic rings. The largest absolute Gasteiger partial charge is 0.492 e. The summed E-state index contributed by atoms with van der Waals surface area (Å²) in [5.41, 5.74) is 1.35. The van der Waals surface area contributed by atoms with Crippen LogP contribution in [0.4, 0.5) is 10.1 Å². The molecule has 0 radical (unpaired) electrons. The van der Waals surface area contributed by atoms with Crippen LogP contribution in [0.5, 0.6) is 5.75 Å². The minimum absolute atomic E-state index is 0.125. The van der Waals surface area contributed by atoms with Crippen LogP contribution in [-0.4, -0.2) is 38.6 Å².